The Bertz CT molecular complexity index is 506. The fourth-order valence-electron chi connectivity index (χ4n) is 2.43. The van der Waals surface area contributed by atoms with Gasteiger partial charge in [0.15, 0.2) is 0 Å². The van der Waals surface area contributed by atoms with Gasteiger partial charge in [0.1, 0.15) is 0 Å². The van der Waals surface area contributed by atoms with E-state index >= 15 is 0 Å². The summed E-state index contributed by atoms with van der Waals surface area (Å²) in [4.78, 5) is 10.6. The normalized spacial score (nSPS) is 19.1. The lowest BCUT2D eigenvalue weighted by Gasteiger charge is -2.20. The quantitative estimate of drug-likeness (QED) is 0.877. The number of rotatable bonds is 3. The van der Waals surface area contributed by atoms with Crippen LogP contribution < -0.4 is 0 Å². The Labute approximate surface area is 108 Å². The van der Waals surface area contributed by atoms with Crippen LogP contribution in [0.3, 0.4) is 0 Å². The number of benzene rings is 1. The summed E-state index contributed by atoms with van der Waals surface area (Å²) >= 11 is 0. The van der Waals surface area contributed by atoms with E-state index < -0.39 is 5.97 Å². The van der Waals surface area contributed by atoms with Gasteiger partial charge in [0.25, 0.3) is 0 Å². The molecule has 0 heterocycles. The van der Waals surface area contributed by atoms with Gasteiger partial charge < -0.3 is 5.11 Å². The van der Waals surface area contributed by atoms with E-state index in [0.717, 1.165) is 12.0 Å². The van der Waals surface area contributed by atoms with Crippen molar-refractivity contribution < 1.29 is 9.90 Å². The summed E-state index contributed by atoms with van der Waals surface area (Å²) in [5.41, 5.74) is 4.79. The Morgan fingerprint density at radius 2 is 1.94 bits per heavy atom. The van der Waals surface area contributed by atoms with Gasteiger partial charge in [-0.15, -0.1) is 0 Å². The van der Waals surface area contributed by atoms with E-state index in [9.17, 15) is 4.79 Å². The zero-order chi connectivity index (χ0) is 13.1. The van der Waals surface area contributed by atoms with Gasteiger partial charge in [-0.2, -0.15) is 0 Å². The van der Waals surface area contributed by atoms with Gasteiger partial charge in [-0.1, -0.05) is 48.9 Å². The molecule has 18 heavy (non-hydrogen) atoms. The number of carbonyl (C=O) groups is 1. The summed E-state index contributed by atoms with van der Waals surface area (Å²) < 4.78 is 0. The van der Waals surface area contributed by atoms with Crippen molar-refractivity contribution in [2.75, 3.05) is 0 Å². The molecule has 0 spiro atoms. The number of hydrogen-bond acceptors (Lipinski definition) is 1. The van der Waals surface area contributed by atoms with Crippen molar-refractivity contribution in [1.29, 1.82) is 0 Å². The molecular weight excluding hydrogens is 224 g/mol. The van der Waals surface area contributed by atoms with Gasteiger partial charge in [0.05, 0.1) is 6.42 Å². The molecular formula is C16H18O2. The van der Waals surface area contributed by atoms with Crippen LogP contribution in [0.25, 0.3) is 5.57 Å². The summed E-state index contributed by atoms with van der Waals surface area (Å²) in [6.07, 6.45) is 5.53. The van der Waals surface area contributed by atoms with Crippen molar-refractivity contribution in [3.05, 3.63) is 53.1 Å². The van der Waals surface area contributed by atoms with Crippen LogP contribution in [-0.4, -0.2) is 11.1 Å². The maximum absolute atomic E-state index is 10.6. The predicted molar refractivity (Wildman–Crippen MR) is 73.3 cm³/mol. The Kier molecular flexibility index (Phi) is 3.66. The number of carboxylic acid groups (broad SMARTS) is 1. The Morgan fingerprint density at radius 1 is 1.28 bits per heavy atom. The van der Waals surface area contributed by atoms with Crippen LogP contribution in [0, 0.1) is 5.92 Å². The van der Waals surface area contributed by atoms with Gasteiger partial charge in [-0.05, 0) is 36.0 Å². The summed E-state index contributed by atoms with van der Waals surface area (Å²) in [7, 11) is 0. The predicted octanol–water partition coefficient (Wildman–Crippen LogP) is 3.68. The van der Waals surface area contributed by atoms with Gasteiger partial charge in [-0.3, -0.25) is 4.79 Å². The molecule has 0 aromatic heterocycles. The minimum Gasteiger partial charge on any atom is -0.481 e. The Hall–Kier alpha value is -1.83. The molecule has 1 aromatic rings. The van der Waals surface area contributed by atoms with Gasteiger partial charge in [0.2, 0.25) is 0 Å². The highest BCUT2D eigenvalue weighted by molar-refractivity contribution is 5.72. The van der Waals surface area contributed by atoms with Crippen LogP contribution in [0.5, 0.6) is 0 Å². The third-order valence-electron chi connectivity index (χ3n) is 3.35. The molecule has 2 heteroatoms. The first kappa shape index (κ1) is 12.6. The zero-order valence-corrected chi connectivity index (χ0v) is 10.8. The summed E-state index contributed by atoms with van der Waals surface area (Å²) in [5.74, 6) is -0.258. The summed E-state index contributed by atoms with van der Waals surface area (Å²) in [6.45, 7) is 4.38. The molecule has 0 aliphatic heterocycles. The second-order valence-corrected chi connectivity index (χ2v) is 5.01. The average Bonchev–Trinajstić information content (AvgIpc) is 2.30. The topological polar surface area (TPSA) is 37.3 Å². The van der Waals surface area contributed by atoms with Crippen LogP contribution in [0.1, 0.15) is 31.4 Å². The van der Waals surface area contributed by atoms with Crippen LogP contribution in [-0.2, 0) is 11.2 Å². The molecule has 2 nitrogen and oxygen atoms in total. The largest absolute Gasteiger partial charge is 0.481 e. The molecule has 1 atom stereocenters. The maximum atomic E-state index is 10.6. The van der Waals surface area contributed by atoms with Crippen LogP contribution in [0.2, 0.25) is 0 Å². The van der Waals surface area contributed by atoms with Gasteiger partial charge in [0, 0.05) is 0 Å². The van der Waals surface area contributed by atoms with Gasteiger partial charge >= 0.3 is 5.97 Å². The molecule has 94 valence electrons. The SMILES string of the molecule is CC1=CC=C(c2ccc(CC(=O)O)cc2)C(C)C1. The average molecular weight is 242 g/mol. The van der Waals surface area contributed by atoms with Crippen molar-refractivity contribution in [3.63, 3.8) is 0 Å². The first-order valence-corrected chi connectivity index (χ1v) is 6.24. The van der Waals surface area contributed by atoms with Crippen molar-refractivity contribution in [3.8, 4) is 0 Å². The summed E-state index contributed by atoms with van der Waals surface area (Å²) in [5, 5.41) is 8.74. The fraction of sp³-hybridized carbons (Fsp3) is 0.312. The van der Waals surface area contributed by atoms with Crippen molar-refractivity contribution in [2.24, 2.45) is 5.92 Å². The molecule has 1 N–H and O–H groups in total. The third kappa shape index (κ3) is 2.89. The van der Waals surface area contributed by atoms with E-state index in [0.29, 0.717) is 5.92 Å². The zero-order valence-electron chi connectivity index (χ0n) is 10.8. The highest BCUT2D eigenvalue weighted by Gasteiger charge is 2.14. The minimum absolute atomic E-state index is 0.0912. The van der Waals surface area contributed by atoms with Crippen LogP contribution in [0.15, 0.2) is 42.0 Å². The Balaban J connectivity index is 2.22. The van der Waals surface area contributed by atoms with Crippen molar-refractivity contribution in [2.45, 2.75) is 26.7 Å². The van der Waals surface area contributed by atoms with Crippen LogP contribution >= 0.6 is 0 Å². The fourth-order valence-corrected chi connectivity index (χ4v) is 2.43. The lowest BCUT2D eigenvalue weighted by atomic mass is 9.85. The number of aliphatic carboxylic acids is 1. The van der Waals surface area contributed by atoms with E-state index in [2.05, 4.69) is 26.0 Å². The molecule has 0 saturated heterocycles. The third-order valence-corrected chi connectivity index (χ3v) is 3.35. The maximum Gasteiger partial charge on any atom is 0.307 e. The smallest absolute Gasteiger partial charge is 0.307 e. The standard InChI is InChI=1S/C16H18O2/c1-11-3-8-15(12(2)9-11)14-6-4-13(5-7-14)10-16(17)18/h3-8,12H,9-10H2,1-2H3,(H,17,18). The molecule has 1 aromatic carbocycles. The van der Waals surface area contributed by atoms with E-state index in [1.165, 1.54) is 16.7 Å². The van der Waals surface area contributed by atoms with E-state index in [1.54, 1.807) is 0 Å². The lowest BCUT2D eigenvalue weighted by molar-refractivity contribution is -0.136. The molecule has 2 rings (SSSR count). The van der Waals surface area contributed by atoms with Crippen LogP contribution in [0.4, 0.5) is 0 Å². The molecule has 1 aliphatic carbocycles. The molecule has 0 amide bonds. The molecule has 1 aliphatic rings. The summed E-state index contributed by atoms with van der Waals surface area (Å²) in [6, 6.07) is 7.86. The highest BCUT2D eigenvalue weighted by atomic mass is 16.4. The van der Waals surface area contributed by atoms with Gasteiger partial charge in [-0.25, -0.2) is 0 Å². The molecule has 0 radical (unpaired) electrons. The molecule has 0 saturated carbocycles. The molecule has 0 bridgehead atoms. The van der Waals surface area contributed by atoms with E-state index in [4.69, 9.17) is 5.11 Å². The molecule has 1 unspecified atom stereocenters. The Morgan fingerprint density at radius 3 is 2.50 bits per heavy atom. The molecule has 0 fully saturated rings. The van der Waals surface area contributed by atoms with E-state index in [-0.39, 0.29) is 6.42 Å². The lowest BCUT2D eigenvalue weighted by Crippen LogP contribution is -2.04. The van der Waals surface area contributed by atoms with Crippen molar-refractivity contribution in [1.82, 2.24) is 0 Å². The monoisotopic (exact) mass is 242 g/mol. The van der Waals surface area contributed by atoms with Crippen molar-refractivity contribution >= 4 is 11.5 Å². The highest BCUT2D eigenvalue weighted by Crippen LogP contribution is 2.32. The number of carboxylic acids is 1. The first-order valence-electron chi connectivity index (χ1n) is 6.24. The minimum atomic E-state index is -0.786. The second-order valence-electron chi connectivity index (χ2n) is 5.01. The van der Waals surface area contributed by atoms with E-state index in [1.807, 2.05) is 24.3 Å². The number of hydrogen-bond donors (Lipinski definition) is 1. The first-order chi connectivity index (χ1) is 8.56. The second kappa shape index (κ2) is 5.21. The number of allylic oxidation sites excluding steroid dienone is 4.